The van der Waals surface area contributed by atoms with Crippen molar-refractivity contribution >= 4 is 17.5 Å². The number of amides is 1. The standard InChI is InChI=1S/C22H21ClN2O/c23-20-13-11-19(12-14-20)21(24-15-17-7-3-1-4-8-17)22(26)25-16-18-9-5-2-6-10-18/h1-14,21,24H,15-16H2,(H,25,26)/t21-/m0/s1. The Labute approximate surface area is 159 Å². The summed E-state index contributed by atoms with van der Waals surface area (Å²) in [5, 5.41) is 7.02. The van der Waals surface area contributed by atoms with Crippen LogP contribution in [-0.2, 0) is 17.9 Å². The van der Waals surface area contributed by atoms with Gasteiger partial charge in [-0.15, -0.1) is 0 Å². The summed E-state index contributed by atoms with van der Waals surface area (Å²) in [4.78, 5) is 12.8. The molecule has 0 spiro atoms. The van der Waals surface area contributed by atoms with Crippen LogP contribution in [0, 0.1) is 0 Å². The first-order chi connectivity index (χ1) is 12.7. The molecule has 0 aliphatic rings. The van der Waals surface area contributed by atoms with E-state index in [0.717, 1.165) is 16.7 Å². The summed E-state index contributed by atoms with van der Waals surface area (Å²) < 4.78 is 0. The summed E-state index contributed by atoms with van der Waals surface area (Å²) in [5.41, 5.74) is 3.08. The Morgan fingerprint density at radius 3 is 1.88 bits per heavy atom. The predicted octanol–water partition coefficient (Wildman–Crippen LogP) is 4.49. The van der Waals surface area contributed by atoms with Crippen molar-refractivity contribution in [3.05, 3.63) is 107 Å². The molecule has 0 bridgehead atoms. The van der Waals surface area contributed by atoms with Crippen molar-refractivity contribution in [3.8, 4) is 0 Å². The van der Waals surface area contributed by atoms with Gasteiger partial charge < -0.3 is 5.32 Å². The van der Waals surface area contributed by atoms with Crippen molar-refractivity contribution in [2.45, 2.75) is 19.1 Å². The molecule has 3 rings (SSSR count). The number of hydrogen-bond acceptors (Lipinski definition) is 2. The SMILES string of the molecule is O=C(NCc1ccccc1)[C@@H](NCc1ccccc1)c1ccc(Cl)cc1. The van der Waals surface area contributed by atoms with Crippen LogP contribution in [0.4, 0.5) is 0 Å². The van der Waals surface area contributed by atoms with Crippen LogP contribution in [0.25, 0.3) is 0 Å². The summed E-state index contributed by atoms with van der Waals surface area (Å²) in [6.45, 7) is 1.10. The van der Waals surface area contributed by atoms with Crippen molar-refractivity contribution in [1.29, 1.82) is 0 Å². The molecule has 0 fully saturated rings. The van der Waals surface area contributed by atoms with E-state index >= 15 is 0 Å². The van der Waals surface area contributed by atoms with Gasteiger partial charge in [-0.2, -0.15) is 0 Å². The van der Waals surface area contributed by atoms with Gasteiger partial charge in [0.2, 0.25) is 5.91 Å². The lowest BCUT2D eigenvalue weighted by Gasteiger charge is -2.19. The van der Waals surface area contributed by atoms with Gasteiger partial charge in [0.05, 0.1) is 0 Å². The lowest BCUT2D eigenvalue weighted by Crippen LogP contribution is -2.37. The maximum absolute atomic E-state index is 12.8. The second-order valence-electron chi connectivity index (χ2n) is 6.05. The van der Waals surface area contributed by atoms with Crippen molar-refractivity contribution in [3.63, 3.8) is 0 Å². The number of carbonyl (C=O) groups is 1. The van der Waals surface area contributed by atoms with Crippen molar-refractivity contribution in [2.75, 3.05) is 0 Å². The van der Waals surface area contributed by atoms with Gasteiger partial charge in [-0.1, -0.05) is 84.4 Å². The molecule has 2 N–H and O–H groups in total. The highest BCUT2D eigenvalue weighted by molar-refractivity contribution is 6.30. The van der Waals surface area contributed by atoms with Gasteiger partial charge in [-0.25, -0.2) is 0 Å². The molecule has 3 aromatic rings. The molecule has 3 nitrogen and oxygen atoms in total. The van der Waals surface area contributed by atoms with Crippen molar-refractivity contribution in [1.82, 2.24) is 10.6 Å². The molecule has 0 aromatic heterocycles. The molecule has 4 heteroatoms. The van der Waals surface area contributed by atoms with Crippen LogP contribution in [0.3, 0.4) is 0 Å². The summed E-state index contributed by atoms with van der Waals surface area (Å²) >= 11 is 5.99. The molecule has 0 aliphatic carbocycles. The van der Waals surface area contributed by atoms with E-state index in [0.29, 0.717) is 18.1 Å². The first kappa shape index (κ1) is 18.2. The van der Waals surface area contributed by atoms with E-state index in [9.17, 15) is 4.79 Å². The minimum absolute atomic E-state index is 0.0629. The third-order valence-electron chi connectivity index (χ3n) is 4.13. The van der Waals surface area contributed by atoms with Crippen LogP contribution in [0.15, 0.2) is 84.9 Å². The number of nitrogens with one attached hydrogen (secondary N) is 2. The third kappa shape index (κ3) is 5.19. The van der Waals surface area contributed by atoms with E-state index in [1.54, 1.807) is 12.1 Å². The number of carbonyl (C=O) groups excluding carboxylic acids is 1. The molecule has 0 aliphatic heterocycles. The Morgan fingerprint density at radius 2 is 1.31 bits per heavy atom. The molecule has 0 heterocycles. The second kappa shape index (κ2) is 9.18. The van der Waals surface area contributed by atoms with Gasteiger partial charge in [0, 0.05) is 18.1 Å². The summed E-state index contributed by atoms with van der Waals surface area (Å²) in [5.74, 6) is -0.0629. The fourth-order valence-corrected chi connectivity index (χ4v) is 2.85. The van der Waals surface area contributed by atoms with Crippen LogP contribution >= 0.6 is 11.6 Å². The normalized spacial score (nSPS) is 11.7. The summed E-state index contributed by atoms with van der Waals surface area (Å²) in [7, 11) is 0. The quantitative estimate of drug-likeness (QED) is 0.648. The van der Waals surface area contributed by atoms with Gasteiger partial charge in [0.25, 0.3) is 0 Å². The summed E-state index contributed by atoms with van der Waals surface area (Å²) in [6, 6.07) is 26.8. The minimum atomic E-state index is -0.448. The van der Waals surface area contributed by atoms with Crippen LogP contribution in [0.1, 0.15) is 22.7 Å². The van der Waals surface area contributed by atoms with Crippen LogP contribution in [-0.4, -0.2) is 5.91 Å². The molecular weight excluding hydrogens is 344 g/mol. The number of rotatable bonds is 7. The average molecular weight is 365 g/mol. The van der Waals surface area contributed by atoms with Crippen LogP contribution < -0.4 is 10.6 Å². The zero-order valence-corrected chi connectivity index (χ0v) is 15.1. The van der Waals surface area contributed by atoms with E-state index in [1.165, 1.54) is 0 Å². The van der Waals surface area contributed by atoms with E-state index < -0.39 is 6.04 Å². The first-order valence-corrected chi connectivity index (χ1v) is 8.94. The van der Waals surface area contributed by atoms with Gasteiger partial charge in [0.1, 0.15) is 6.04 Å². The topological polar surface area (TPSA) is 41.1 Å². The zero-order valence-electron chi connectivity index (χ0n) is 14.4. The smallest absolute Gasteiger partial charge is 0.242 e. The molecule has 132 valence electrons. The van der Waals surface area contributed by atoms with Gasteiger partial charge in [-0.05, 0) is 28.8 Å². The van der Waals surface area contributed by atoms with E-state index in [1.807, 2.05) is 72.8 Å². The van der Waals surface area contributed by atoms with Gasteiger partial charge in [-0.3, -0.25) is 10.1 Å². The molecule has 0 radical (unpaired) electrons. The Kier molecular flexibility index (Phi) is 6.42. The van der Waals surface area contributed by atoms with Crippen molar-refractivity contribution in [2.24, 2.45) is 0 Å². The fourth-order valence-electron chi connectivity index (χ4n) is 2.72. The second-order valence-corrected chi connectivity index (χ2v) is 6.49. The molecule has 3 aromatic carbocycles. The Bertz CT molecular complexity index is 820. The highest BCUT2D eigenvalue weighted by Crippen LogP contribution is 2.18. The predicted molar refractivity (Wildman–Crippen MR) is 106 cm³/mol. The maximum atomic E-state index is 12.8. The molecule has 0 saturated heterocycles. The molecule has 0 unspecified atom stereocenters. The molecule has 1 atom stereocenters. The average Bonchev–Trinajstić information content (AvgIpc) is 2.69. The van der Waals surface area contributed by atoms with Crippen LogP contribution in [0.2, 0.25) is 5.02 Å². The number of hydrogen-bond donors (Lipinski definition) is 2. The van der Waals surface area contributed by atoms with Gasteiger partial charge in [0.15, 0.2) is 0 Å². The van der Waals surface area contributed by atoms with Crippen molar-refractivity contribution < 1.29 is 4.79 Å². The fraction of sp³-hybridized carbons (Fsp3) is 0.136. The number of benzene rings is 3. The monoisotopic (exact) mass is 364 g/mol. The molecule has 0 saturated carbocycles. The molecular formula is C22H21ClN2O. The lowest BCUT2D eigenvalue weighted by molar-refractivity contribution is -0.123. The zero-order chi connectivity index (χ0) is 18.2. The Morgan fingerprint density at radius 1 is 0.769 bits per heavy atom. The Hall–Kier alpha value is -2.62. The van der Waals surface area contributed by atoms with E-state index in [2.05, 4.69) is 10.6 Å². The lowest BCUT2D eigenvalue weighted by atomic mass is 10.1. The minimum Gasteiger partial charge on any atom is -0.350 e. The van der Waals surface area contributed by atoms with E-state index in [-0.39, 0.29) is 5.91 Å². The Balaban J connectivity index is 1.71. The summed E-state index contributed by atoms with van der Waals surface area (Å²) in [6.07, 6.45) is 0. The van der Waals surface area contributed by atoms with Gasteiger partial charge >= 0.3 is 0 Å². The largest absolute Gasteiger partial charge is 0.350 e. The maximum Gasteiger partial charge on any atom is 0.242 e. The molecule has 26 heavy (non-hydrogen) atoms. The highest BCUT2D eigenvalue weighted by Gasteiger charge is 2.19. The number of halogens is 1. The molecule has 1 amide bonds. The van der Waals surface area contributed by atoms with Crippen LogP contribution in [0.5, 0.6) is 0 Å². The van der Waals surface area contributed by atoms with E-state index in [4.69, 9.17) is 11.6 Å². The first-order valence-electron chi connectivity index (χ1n) is 8.57. The third-order valence-corrected chi connectivity index (χ3v) is 4.38. The highest BCUT2D eigenvalue weighted by atomic mass is 35.5.